The summed E-state index contributed by atoms with van der Waals surface area (Å²) in [6, 6.07) is 9.20. The quantitative estimate of drug-likeness (QED) is 0.794. The third kappa shape index (κ3) is 3.05. The van der Waals surface area contributed by atoms with Crippen LogP contribution in [0.1, 0.15) is 11.3 Å². The van der Waals surface area contributed by atoms with E-state index in [1.54, 1.807) is 18.3 Å². The van der Waals surface area contributed by atoms with E-state index in [1.807, 2.05) is 6.07 Å². The Labute approximate surface area is 107 Å². The Balaban J connectivity index is 2.07. The number of halogens is 2. The minimum atomic E-state index is -0.848. The lowest BCUT2D eigenvalue weighted by Crippen LogP contribution is -1.88. The number of thioether (sulfide) groups is 1. The molecule has 1 aromatic heterocycles. The molecule has 0 saturated carbocycles. The molecule has 0 radical (unpaired) electrons. The van der Waals surface area contributed by atoms with Gasteiger partial charge in [-0.15, -0.1) is 11.8 Å². The predicted molar refractivity (Wildman–Crippen MR) is 64.9 cm³/mol. The monoisotopic (exact) mass is 262 g/mol. The number of benzene rings is 1. The van der Waals surface area contributed by atoms with Crippen LogP contribution in [0.4, 0.5) is 8.78 Å². The molecule has 2 rings (SSSR count). The molecule has 0 saturated heterocycles. The van der Waals surface area contributed by atoms with Crippen LogP contribution in [-0.4, -0.2) is 4.98 Å². The smallest absolute Gasteiger partial charge is 0.159 e. The molecule has 5 heteroatoms. The molecular weight excluding hydrogens is 254 g/mol. The van der Waals surface area contributed by atoms with Gasteiger partial charge in [0.05, 0.1) is 0 Å². The molecule has 0 aliphatic carbocycles. The molecule has 1 heterocycles. The average molecular weight is 262 g/mol. The summed E-state index contributed by atoms with van der Waals surface area (Å²) in [5.41, 5.74) is 1.03. The summed E-state index contributed by atoms with van der Waals surface area (Å²) in [6.07, 6.45) is 1.55. The number of nitriles is 1. The zero-order chi connectivity index (χ0) is 13.0. The number of rotatable bonds is 3. The molecule has 0 unspecified atom stereocenters. The summed E-state index contributed by atoms with van der Waals surface area (Å²) in [5, 5.41) is 8.70. The van der Waals surface area contributed by atoms with Crippen LogP contribution < -0.4 is 0 Å². The third-order valence-corrected chi connectivity index (χ3v) is 3.30. The third-order valence-electron chi connectivity index (χ3n) is 2.24. The Bertz CT molecular complexity index is 608. The summed E-state index contributed by atoms with van der Waals surface area (Å²) in [5.74, 6) is -1.19. The van der Waals surface area contributed by atoms with Gasteiger partial charge in [-0.2, -0.15) is 5.26 Å². The van der Waals surface area contributed by atoms with Crippen LogP contribution in [0.15, 0.2) is 41.4 Å². The lowest BCUT2D eigenvalue weighted by atomic mass is 10.2. The van der Waals surface area contributed by atoms with Crippen LogP contribution in [0.3, 0.4) is 0 Å². The number of hydrogen-bond donors (Lipinski definition) is 0. The second kappa shape index (κ2) is 5.61. The van der Waals surface area contributed by atoms with Crippen molar-refractivity contribution in [2.24, 2.45) is 0 Å². The molecule has 0 aliphatic rings. The summed E-state index contributed by atoms with van der Waals surface area (Å²) >= 11 is 1.44. The first-order valence-corrected chi connectivity index (χ1v) is 6.10. The fourth-order valence-electron chi connectivity index (χ4n) is 1.36. The normalized spacial score (nSPS) is 10.1. The van der Waals surface area contributed by atoms with Gasteiger partial charge in [-0.3, -0.25) is 0 Å². The van der Waals surface area contributed by atoms with Crippen molar-refractivity contribution in [3.05, 3.63) is 59.4 Å². The lowest BCUT2D eigenvalue weighted by molar-refractivity contribution is 0.507. The minimum Gasteiger partial charge on any atom is -0.245 e. The van der Waals surface area contributed by atoms with Crippen molar-refractivity contribution in [2.45, 2.75) is 10.6 Å². The number of aromatic nitrogens is 1. The topological polar surface area (TPSA) is 36.7 Å². The van der Waals surface area contributed by atoms with E-state index in [1.165, 1.54) is 23.9 Å². The highest BCUT2D eigenvalue weighted by atomic mass is 32.2. The van der Waals surface area contributed by atoms with Crippen molar-refractivity contribution in [1.82, 2.24) is 4.98 Å². The molecule has 0 amide bonds. The summed E-state index contributed by atoms with van der Waals surface area (Å²) < 4.78 is 25.7. The van der Waals surface area contributed by atoms with Gasteiger partial charge in [0.25, 0.3) is 0 Å². The molecule has 0 atom stereocenters. The van der Waals surface area contributed by atoms with E-state index in [0.717, 1.165) is 11.0 Å². The molecule has 1 aromatic carbocycles. The highest BCUT2D eigenvalue weighted by molar-refractivity contribution is 7.98. The first-order chi connectivity index (χ1) is 8.69. The van der Waals surface area contributed by atoms with Crippen molar-refractivity contribution in [2.75, 3.05) is 0 Å². The Hall–Kier alpha value is -1.93. The Morgan fingerprint density at radius 2 is 2.00 bits per heavy atom. The maximum atomic E-state index is 13.0. The van der Waals surface area contributed by atoms with Gasteiger partial charge in [0, 0.05) is 16.8 Å². The van der Waals surface area contributed by atoms with E-state index in [9.17, 15) is 8.78 Å². The standard InChI is InChI=1S/C13H8F2N2S/c14-12-2-1-9(5-13(12)15)8-18-11-3-4-17-10(6-11)7-16/h1-6H,8H2. The maximum Gasteiger partial charge on any atom is 0.159 e. The minimum absolute atomic E-state index is 0.338. The van der Waals surface area contributed by atoms with Crippen molar-refractivity contribution in [1.29, 1.82) is 5.26 Å². The van der Waals surface area contributed by atoms with Crippen molar-refractivity contribution in [3.8, 4) is 6.07 Å². The van der Waals surface area contributed by atoms with Crippen LogP contribution in [0.25, 0.3) is 0 Å². The maximum absolute atomic E-state index is 13.0. The van der Waals surface area contributed by atoms with Gasteiger partial charge < -0.3 is 0 Å². The van der Waals surface area contributed by atoms with E-state index in [4.69, 9.17) is 5.26 Å². The number of hydrogen-bond acceptors (Lipinski definition) is 3. The predicted octanol–water partition coefficient (Wildman–Crippen LogP) is 3.52. The van der Waals surface area contributed by atoms with E-state index in [2.05, 4.69) is 4.98 Å². The Morgan fingerprint density at radius 1 is 1.17 bits per heavy atom. The second-order valence-electron chi connectivity index (χ2n) is 3.53. The largest absolute Gasteiger partial charge is 0.245 e. The number of pyridine rings is 1. The molecule has 2 nitrogen and oxygen atoms in total. The zero-order valence-corrected chi connectivity index (χ0v) is 10.0. The summed E-state index contributed by atoms with van der Waals surface area (Å²) in [6.45, 7) is 0. The molecule has 0 N–H and O–H groups in total. The van der Waals surface area contributed by atoms with Crippen molar-refractivity contribution >= 4 is 11.8 Å². The van der Waals surface area contributed by atoms with Gasteiger partial charge in [-0.25, -0.2) is 13.8 Å². The lowest BCUT2D eigenvalue weighted by Gasteiger charge is -2.02. The Morgan fingerprint density at radius 3 is 2.72 bits per heavy atom. The van der Waals surface area contributed by atoms with Crippen LogP contribution >= 0.6 is 11.8 Å². The molecule has 18 heavy (non-hydrogen) atoms. The fraction of sp³-hybridized carbons (Fsp3) is 0.0769. The van der Waals surface area contributed by atoms with E-state index in [-0.39, 0.29) is 0 Å². The van der Waals surface area contributed by atoms with Gasteiger partial charge in [-0.1, -0.05) is 6.07 Å². The van der Waals surface area contributed by atoms with Crippen molar-refractivity contribution < 1.29 is 8.78 Å². The molecule has 0 spiro atoms. The molecule has 2 aromatic rings. The van der Waals surface area contributed by atoms with Gasteiger partial charge in [0.2, 0.25) is 0 Å². The fourth-order valence-corrected chi connectivity index (χ4v) is 2.22. The summed E-state index contributed by atoms with van der Waals surface area (Å²) in [7, 11) is 0. The van der Waals surface area contributed by atoms with Gasteiger partial charge >= 0.3 is 0 Å². The summed E-state index contributed by atoms with van der Waals surface area (Å²) in [4.78, 5) is 4.72. The SMILES string of the molecule is N#Cc1cc(SCc2ccc(F)c(F)c2)ccn1. The van der Waals surface area contributed by atoms with E-state index < -0.39 is 11.6 Å². The molecule has 90 valence electrons. The van der Waals surface area contributed by atoms with Crippen LogP contribution in [0, 0.1) is 23.0 Å². The van der Waals surface area contributed by atoms with Gasteiger partial charge in [-0.05, 0) is 29.8 Å². The highest BCUT2D eigenvalue weighted by Crippen LogP contribution is 2.23. The van der Waals surface area contributed by atoms with Crippen LogP contribution in [0.5, 0.6) is 0 Å². The van der Waals surface area contributed by atoms with E-state index in [0.29, 0.717) is 17.0 Å². The van der Waals surface area contributed by atoms with Crippen LogP contribution in [-0.2, 0) is 5.75 Å². The second-order valence-corrected chi connectivity index (χ2v) is 4.57. The highest BCUT2D eigenvalue weighted by Gasteiger charge is 2.03. The molecule has 0 fully saturated rings. The van der Waals surface area contributed by atoms with E-state index >= 15 is 0 Å². The Kier molecular flexibility index (Phi) is 3.90. The first-order valence-electron chi connectivity index (χ1n) is 5.12. The van der Waals surface area contributed by atoms with Crippen LogP contribution in [0.2, 0.25) is 0 Å². The van der Waals surface area contributed by atoms with Gasteiger partial charge in [0.15, 0.2) is 11.6 Å². The van der Waals surface area contributed by atoms with Crippen molar-refractivity contribution in [3.63, 3.8) is 0 Å². The molecule has 0 bridgehead atoms. The average Bonchev–Trinajstić information content (AvgIpc) is 2.40. The first kappa shape index (κ1) is 12.5. The molecular formula is C13H8F2N2S. The zero-order valence-electron chi connectivity index (χ0n) is 9.23. The van der Waals surface area contributed by atoms with Gasteiger partial charge in [0.1, 0.15) is 11.8 Å². The number of nitrogens with zero attached hydrogens (tertiary/aromatic N) is 2. The molecule has 0 aliphatic heterocycles.